The monoisotopic (exact) mass is 312 g/mol. The zero-order valence-corrected chi connectivity index (χ0v) is 14.5. The molecule has 0 unspecified atom stereocenters. The number of hydrogen-bond donors (Lipinski definition) is 2. The van der Waals surface area contributed by atoms with Crippen molar-refractivity contribution in [1.29, 1.82) is 0 Å². The van der Waals surface area contributed by atoms with Crippen molar-refractivity contribution in [2.45, 2.75) is 33.6 Å². The molecule has 0 bridgehead atoms. The molecule has 0 heterocycles. The third-order valence-corrected chi connectivity index (χ3v) is 3.78. The Morgan fingerprint density at radius 2 is 1.65 bits per heavy atom. The van der Waals surface area contributed by atoms with Gasteiger partial charge >= 0.3 is 0 Å². The lowest BCUT2D eigenvalue weighted by molar-refractivity contribution is 0.309. The molecule has 0 aliphatic heterocycles. The van der Waals surface area contributed by atoms with Gasteiger partial charge in [-0.25, -0.2) is 0 Å². The van der Waals surface area contributed by atoms with Gasteiger partial charge in [0.05, 0.1) is 6.61 Å². The molecule has 0 spiro atoms. The second-order valence-electron chi connectivity index (χ2n) is 5.90. The lowest BCUT2D eigenvalue weighted by atomic mass is 10.1. The number of rotatable bonds is 9. The van der Waals surface area contributed by atoms with Gasteiger partial charge in [-0.15, -0.1) is 0 Å². The van der Waals surface area contributed by atoms with E-state index in [1.165, 1.54) is 16.8 Å². The van der Waals surface area contributed by atoms with E-state index in [9.17, 15) is 0 Å². The molecule has 2 aromatic rings. The minimum absolute atomic E-state index is 0.795. The predicted octanol–water partition coefficient (Wildman–Crippen LogP) is 5.01. The highest BCUT2D eigenvalue weighted by atomic mass is 16.5. The van der Waals surface area contributed by atoms with Crippen molar-refractivity contribution in [2.75, 3.05) is 30.3 Å². The van der Waals surface area contributed by atoms with Crippen LogP contribution in [-0.4, -0.2) is 19.7 Å². The van der Waals surface area contributed by atoms with E-state index in [0.717, 1.165) is 44.0 Å². The minimum Gasteiger partial charge on any atom is -0.494 e. The maximum atomic E-state index is 5.67. The van der Waals surface area contributed by atoms with Gasteiger partial charge in [-0.1, -0.05) is 25.5 Å². The zero-order chi connectivity index (χ0) is 16.5. The fourth-order valence-corrected chi connectivity index (χ4v) is 2.33. The third-order valence-electron chi connectivity index (χ3n) is 3.78. The Bertz CT molecular complexity index is 593. The van der Waals surface area contributed by atoms with Gasteiger partial charge < -0.3 is 15.4 Å². The molecule has 0 fully saturated rings. The molecular weight excluding hydrogens is 284 g/mol. The van der Waals surface area contributed by atoms with Crippen molar-refractivity contribution in [3.8, 4) is 5.75 Å². The van der Waals surface area contributed by atoms with Crippen LogP contribution in [0.25, 0.3) is 0 Å². The lowest BCUT2D eigenvalue weighted by Gasteiger charge is -2.12. The fourth-order valence-electron chi connectivity index (χ4n) is 2.33. The van der Waals surface area contributed by atoms with Gasteiger partial charge in [-0.3, -0.25) is 0 Å². The molecule has 0 aliphatic carbocycles. The van der Waals surface area contributed by atoms with Gasteiger partial charge in [0.25, 0.3) is 0 Å². The molecular formula is C20H28N2O. The van der Waals surface area contributed by atoms with Crippen LogP contribution in [0.3, 0.4) is 0 Å². The zero-order valence-electron chi connectivity index (χ0n) is 14.5. The van der Waals surface area contributed by atoms with Gasteiger partial charge in [0, 0.05) is 24.5 Å². The Balaban J connectivity index is 1.72. The Morgan fingerprint density at radius 3 is 2.39 bits per heavy atom. The molecule has 0 saturated heterocycles. The Labute approximate surface area is 140 Å². The molecule has 3 heteroatoms. The average Bonchev–Trinajstić information content (AvgIpc) is 2.56. The smallest absolute Gasteiger partial charge is 0.119 e. The van der Waals surface area contributed by atoms with Crippen LogP contribution in [0.2, 0.25) is 0 Å². The summed E-state index contributed by atoms with van der Waals surface area (Å²) in [5, 5.41) is 6.91. The standard InChI is InChI=1S/C20H28N2O/c1-4-5-14-23-19-10-8-18(9-11-19)21-12-13-22-20-15-16(2)6-7-17(20)3/h6-11,15,21-22H,4-5,12-14H2,1-3H3. The molecule has 0 atom stereocenters. The van der Waals surface area contributed by atoms with E-state index < -0.39 is 0 Å². The summed E-state index contributed by atoms with van der Waals surface area (Å²) in [5.74, 6) is 0.942. The van der Waals surface area contributed by atoms with Gasteiger partial charge in [-0.2, -0.15) is 0 Å². The molecule has 0 aliphatic rings. The molecule has 124 valence electrons. The van der Waals surface area contributed by atoms with E-state index in [-0.39, 0.29) is 0 Å². The highest BCUT2D eigenvalue weighted by Gasteiger charge is 1.98. The summed E-state index contributed by atoms with van der Waals surface area (Å²) in [6.45, 7) is 8.98. The highest BCUT2D eigenvalue weighted by molar-refractivity contribution is 5.53. The van der Waals surface area contributed by atoms with Crippen LogP contribution in [-0.2, 0) is 0 Å². The molecule has 0 aromatic heterocycles. The number of hydrogen-bond acceptors (Lipinski definition) is 3. The Morgan fingerprint density at radius 1 is 0.913 bits per heavy atom. The topological polar surface area (TPSA) is 33.3 Å². The average molecular weight is 312 g/mol. The van der Waals surface area contributed by atoms with E-state index in [1.54, 1.807) is 0 Å². The predicted molar refractivity (Wildman–Crippen MR) is 99.7 cm³/mol. The quantitative estimate of drug-likeness (QED) is 0.639. The van der Waals surface area contributed by atoms with Gasteiger partial charge in [-0.05, 0) is 61.7 Å². The highest BCUT2D eigenvalue weighted by Crippen LogP contribution is 2.17. The summed E-state index contributed by atoms with van der Waals surface area (Å²) in [4.78, 5) is 0. The lowest BCUT2D eigenvalue weighted by Crippen LogP contribution is -2.14. The third kappa shape index (κ3) is 5.85. The van der Waals surface area contributed by atoms with E-state index in [0.29, 0.717) is 0 Å². The second-order valence-corrected chi connectivity index (χ2v) is 5.90. The SMILES string of the molecule is CCCCOc1ccc(NCCNc2cc(C)ccc2C)cc1. The Hall–Kier alpha value is -2.16. The Kier molecular flexibility index (Phi) is 6.79. The van der Waals surface area contributed by atoms with E-state index in [4.69, 9.17) is 4.74 Å². The van der Waals surface area contributed by atoms with Crippen molar-refractivity contribution < 1.29 is 4.74 Å². The van der Waals surface area contributed by atoms with Crippen molar-refractivity contribution in [1.82, 2.24) is 0 Å². The molecule has 0 amide bonds. The van der Waals surface area contributed by atoms with Crippen LogP contribution in [0, 0.1) is 13.8 Å². The molecule has 2 rings (SSSR count). The summed E-state index contributed by atoms with van der Waals surface area (Å²) in [7, 11) is 0. The molecule has 0 radical (unpaired) electrons. The van der Waals surface area contributed by atoms with Gasteiger partial charge in [0.1, 0.15) is 5.75 Å². The number of nitrogens with one attached hydrogen (secondary N) is 2. The first-order chi connectivity index (χ1) is 11.2. The van der Waals surface area contributed by atoms with Crippen LogP contribution in [0.5, 0.6) is 5.75 Å². The summed E-state index contributed by atoms with van der Waals surface area (Å²) in [6.07, 6.45) is 2.26. The fraction of sp³-hybridized carbons (Fsp3) is 0.400. The first kappa shape index (κ1) is 17.2. The maximum Gasteiger partial charge on any atom is 0.119 e. The second kappa shape index (κ2) is 9.09. The normalized spacial score (nSPS) is 10.4. The van der Waals surface area contributed by atoms with Crippen molar-refractivity contribution >= 4 is 11.4 Å². The van der Waals surface area contributed by atoms with Crippen LogP contribution in [0.1, 0.15) is 30.9 Å². The maximum absolute atomic E-state index is 5.67. The first-order valence-corrected chi connectivity index (χ1v) is 8.47. The van der Waals surface area contributed by atoms with Crippen LogP contribution < -0.4 is 15.4 Å². The molecule has 23 heavy (non-hydrogen) atoms. The largest absolute Gasteiger partial charge is 0.494 e. The molecule has 2 aromatic carbocycles. The van der Waals surface area contributed by atoms with Crippen LogP contribution >= 0.6 is 0 Å². The number of unbranched alkanes of at least 4 members (excludes halogenated alkanes) is 1. The van der Waals surface area contributed by atoms with E-state index >= 15 is 0 Å². The molecule has 3 nitrogen and oxygen atoms in total. The van der Waals surface area contributed by atoms with Crippen molar-refractivity contribution in [2.24, 2.45) is 0 Å². The molecule has 0 saturated carbocycles. The summed E-state index contributed by atoms with van der Waals surface area (Å²) < 4.78 is 5.67. The summed E-state index contributed by atoms with van der Waals surface area (Å²) in [6, 6.07) is 14.7. The molecule has 2 N–H and O–H groups in total. The number of anilines is 2. The van der Waals surface area contributed by atoms with Gasteiger partial charge in [0.15, 0.2) is 0 Å². The number of aryl methyl sites for hydroxylation is 2. The van der Waals surface area contributed by atoms with Crippen molar-refractivity contribution in [3.05, 3.63) is 53.6 Å². The first-order valence-electron chi connectivity index (χ1n) is 8.47. The van der Waals surface area contributed by atoms with Crippen LogP contribution in [0.4, 0.5) is 11.4 Å². The number of ether oxygens (including phenoxy) is 1. The summed E-state index contributed by atoms with van der Waals surface area (Å²) >= 11 is 0. The van der Waals surface area contributed by atoms with E-state index in [1.807, 2.05) is 12.1 Å². The van der Waals surface area contributed by atoms with E-state index in [2.05, 4.69) is 61.7 Å². The summed E-state index contributed by atoms with van der Waals surface area (Å²) in [5.41, 5.74) is 4.90. The minimum atomic E-state index is 0.795. The number of benzene rings is 2. The van der Waals surface area contributed by atoms with Crippen LogP contribution in [0.15, 0.2) is 42.5 Å². The van der Waals surface area contributed by atoms with Gasteiger partial charge in [0.2, 0.25) is 0 Å². The van der Waals surface area contributed by atoms with Crippen molar-refractivity contribution in [3.63, 3.8) is 0 Å².